The second kappa shape index (κ2) is 9.00. The maximum absolute atomic E-state index is 12.1. The standard InChI is InChI=1S/C19H30N4O3/c1-14(18(25)22-19(2,3)4)20-15-5-7-16(8-6-15)21-17(24)13-23-9-11-26-12-10-23/h5-8,14,20H,9-13H2,1-4H3,(H,21,24)(H,22,25). The van der Waals surface area contributed by atoms with Gasteiger partial charge in [-0.25, -0.2) is 0 Å². The van der Waals surface area contributed by atoms with E-state index in [4.69, 9.17) is 4.74 Å². The summed E-state index contributed by atoms with van der Waals surface area (Å²) in [5.74, 6) is -0.0917. The molecule has 0 aliphatic carbocycles. The van der Waals surface area contributed by atoms with Crippen LogP contribution in [0.15, 0.2) is 24.3 Å². The fraction of sp³-hybridized carbons (Fsp3) is 0.579. The molecule has 7 nitrogen and oxygen atoms in total. The van der Waals surface area contributed by atoms with E-state index in [2.05, 4.69) is 20.9 Å². The summed E-state index contributed by atoms with van der Waals surface area (Å²) >= 11 is 0. The van der Waals surface area contributed by atoms with Crippen LogP contribution in [-0.4, -0.2) is 61.1 Å². The molecule has 1 aromatic carbocycles. The third-order valence-electron chi connectivity index (χ3n) is 3.91. The van der Waals surface area contributed by atoms with Crippen LogP contribution in [-0.2, 0) is 14.3 Å². The average molecular weight is 362 g/mol. The molecule has 1 saturated heterocycles. The molecule has 144 valence electrons. The second-order valence-corrected chi connectivity index (χ2v) is 7.62. The van der Waals surface area contributed by atoms with Crippen LogP contribution in [0.1, 0.15) is 27.7 Å². The predicted octanol–water partition coefficient (Wildman–Crippen LogP) is 1.67. The topological polar surface area (TPSA) is 82.7 Å². The molecule has 1 aromatic rings. The molecule has 0 spiro atoms. The number of amides is 2. The van der Waals surface area contributed by atoms with Gasteiger partial charge >= 0.3 is 0 Å². The Kier molecular flexibility index (Phi) is 6.99. The number of benzene rings is 1. The molecule has 3 N–H and O–H groups in total. The number of rotatable bonds is 6. The summed E-state index contributed by atoms with van der Waals surface area (Å²) < 4.78 is 5.28. The maximum atomic E-state index is 12.1. The fourth-order valence-electron chi connectivity index (χ4n) is 2.61. The molecule has 0 radical (unpaired) electrons. The molecule has 7 heteroatoms. The highest BCUT2D eigenvalue weighted by Crippen LogP contribution is 2.15. The third-order valence-corrected chi connectivity index (χ3v) is 3.91. The number of nitrogens with one attached hydrogen (secondary N) is 3. The zero-order valence-electron chi connectivity index (χ0n) is 16.1. The van der Waals surface area contributed by atoms with Gasteiger partial charge in [0, 0.05) is 30.0 Å². The quantitative estimate of drug-likeness (QED) is 0.717. The number of carbonyl (C=O) groups is 2. The Morgan fingerprint density at radius 1 is 1.12 bits per heavy atom. The Morgan fingerprint density at radius 3 is 2.27 bits per heavy atom. The molecule has 26 heavy (non-hydrogen) atoms. The van der Waals surface area contributed by atoms with Crippen molar-refractivity contribution in [3.8, 4) is 0 Å². The zero-order chi connectivity index (χ0) is 19.2. The van der Waals surface area contributed by atoms with Gasteiger partial charge in [-0.3, -0.25) is 14.5 Å². The van der Waals surface area contributed by atoms with Crippen molar-refractivity contribution in [1.82, 2.24) is 10.2 Å². The molecule has 0 saturated carbocycles. The van der Waals surface area contributed by atoms with Crippen molar-refractivity contribution in [2.75, 3.05) is 43.5 Å². The van der Waals surface area contributed by atoms with Crippen LogP contribution in [0, 0.1) is 0 Å². The number of hydrogen-bond donors (Lipinski definition) is 3. The van der Waals surface area contributed by atoms with Gasteiger partial charge in [-0.15, -0.1) is 0 Å². The van der Waals surface area contributed by atoms with E-state index >= 15 is 0 Å². The number of carbonyl (C=O) groups excluding carboxylic acids is 2. The van der Waals surface area contributed by atoms with Gasteiger partial charge < -0.3 is 20.7 Å². The minimum absolute atomic E-state index is 0.0365. The Labute approximate surface area is 155 Å². The van der Waals surface area contributed by atoms with Crippen molar-refractivity contribution in [3.05, 3.63) is 24.3 Å². The van der Waals surface area contributed by atoms with Crippen molar-refractivity contribution < 1.29 is 14.3 Å². The van der Waals surface area contributed by atoms with Gasteiger partial charge in [0.25, 0.3) is 0 Å². The molecule has 1 aliphatic rings. The minimum Gasteiger partial charge on any atom is -0.379 e. The molecule has 1 unspecified atom stereocenters. The molecule has 1 fully saturated rings. The van der Waals surface area contributed by atoms with E-state index in [0.717, 1.165) is 24.5 Å². The normalized spacial score (nSPS) is 16.6. The maximum Gasteiger partial charge on any atom is 0.242 e. The summed E-state index contributed by atoms with van der Waals surface area (Å²) in [6.07, 6.45) is 0. The first-order valence-corrected chi connectivity index (χ1v) is 9.01. The first-order valence-electron chi connectivity index (χ1n) is 9.01. The smallest absolute Gasteiger partial charge is 0.242 e. The molecular weight excluding hydrogens is 332 g/mol. The van der Waals surface area contributed by atoms with Crippen molar-refractivity contribution in [3.63, 3.8) is 0 Å². The van der Waals surface area contributed by atoms with Crippen LogP contribution in [0.25, 0.3) is 0 Å². The summed E-state index contributed by atoms with van der Waals surface area (Å²) in [5.41, 5.74) is 1.30. The Bertz CT molecular complexity index is 604. The van der Waals surface area contributed by atoms with Gasteiger partial charge in [0.05, 0.1) is 19.8 Å². The van der Waals surface area contributed by atoms with E-state index in [1.54, 1.807) is 0 Å². The number of hydrogen-bond acceptors (Lipinski definition) is 5. The Balaban J connectivity index is 1.81. The van der Waals surface area contributed by atoms with Crippen molar-refractivity contribution in [1.29, 1.82) is 0 Å². The molecule has 0 aromatic heterocycles. The van der Waals surface area contributed by atoms with Crippen LogP contribution in [0.2, 0.25) is 0 Å². The monoisotopic (exact) mass is 362 g/mol. The van der Waals surface area contributed by atoms with Gasteiger partial charge in [0.2, 0.25) is 11.8 Å². The number of nitrogens with zero attached hydrogens (tertiary/aromatic N) is 1. The van der Waals surface area contributed by atoms with Crippen LogP contribution in [0.5, 0.6) is 0 Å². The first kappa shape index (κ1) is 20.2. The molecule has 2 rings (SSSR count). The fourth-order valence-corrected chi connectivity index (χ4v) is 2.61. The highest BCUT2D eigenvalue weighted by molar-refractivity contribution is 5.92. The zero-order valence-corrected chi connectivity index (χ0v) is 16.1. The van der Waals surface area contributed by atoms with Crippen LogP contribution >= 0.6 is 0 Å². The largest absolute Gasteiger partial charge is 0.379 e. The van der Waals surface area contributed by atoms with Gasteiger partial charge in [0.15, 0.2) is 0 Å². The lowest BCUT2D eigenvalue weighted by Gasteiger charge is -2.25. The Morgan fingerprint density at radius 2 is 1.69 bits per heavy atom. The highest BCUT2D eigenvalue weighted by Gasteiger charge is 2.19. The van der Waals surface area contributed by atoms with Crippen molar-refractivity contribution >= 4 is 23.2 Å². The number of morpholine rings is 1. The summed E-state index contributed by atoms with van der Waals surface area (Å²) in [4.78, 5) is 26.3. The van der Waals surface area contributed by atoms with E-state index in [1.165, 1.54) is 0 Å². The highest BCUT2D eigenvalue weighted by atomic mass is 16.5. The second-order valence-electron chi connectivity index (χ2n) is 7.62. The summed E-state index contributed by atoms with van der Waals surface area (Å²) in [5, 5.41) is 9.00. The van der Waals surface area contributed by atoms with Crippen molar-refractivity contribution in [2.45, 2.75) is 39.3 Å². The molecule has 0 bridgehead atoms. The van der Waals surface area contributed by atoms with Crippen LogP contribution in [0.4, 0.5) is 11.4 Å². The van der Waals surface area contributed by atoms with Crippen molar-refractivity contribution in [2.24, 2.45) is 0 Å². The summed E-state index contributed by atoms with van der Waals surface area (Å²) in [6, 6.07) is 7.01. The van der Waals surface area contributed by atoms with Gasteiger partial charge in [-0.1, -0.05) is 0 Å². The lowest BCUT2D eigenvalue weighted by molar-refractivity contribution is -0.123. The van der Waals surface area contributed by atoms with E-state index < -0.39 is 0 Å². The van der Waals surface area contributed by atoms with Gasteiger partial charge in [-0.05, 0) is 52.0 Å². The molecular formula is C19H30N4O3. The molecule has 1 aliphatic heterocycles. The lowest BCUT2D eigenvalue weighted by Crippen LogP contribution is -2.47. The lowest BCUT2D eigenvalue weighted by atomic mass is 10.1. The summed E-state index contributed by atoms with van der Waals surface area (Å²) in [7, 11) is 0. The van der Waals surface area contributed by atoms with Gasteiger partial charge in [-0.2, -0.15) is 0 Å². The van der Waals surface area contributed by atoms with E-state index in [0.29, 0.717) is 19.8 Å². The van der Waals surface area contributed by atoms with Gasteiger partial charge in [0.1, 0.15) is 6.04 Å². The molecule has 1 heterocycles. The average Bonchev–Trinajstić information content (AvgIpc) is 2.56. The Hall–Kier alpha value is -2.12. The summed E-state index contributed by atoms with van der Waals surface area (Å²) in [6.45, 7) is 11.0. The third kappa shape index (κ3) is 7.01. The first-order chi connectivity index (χ1) is 12.2. The molecule has 1 atom stereocenters. The predicted molar refractivity (Wildman–Crippen MR) is 103 cm³/mol. The van der Waals surface area contributed by atoms with E-state index in [-0.39, 0.29) is 23.4 Å². The number of anilines is 2. The molecule has 2 amide bonds. The van der Waals surface area contributed by atoms with Crippen LogP contribution < -0.4 is 16.0 Å². The minimum atomic E-state index is -0.351. The SMILES string of the molecule is CC(Nc1ccc(NC(=O)CN2CCOCC2)cc1)C(=O)NC(C)(C)C. The van der Waals surface area contributed by atoms with E-state index in [9.17, 15) is 9.59 Å². The van der Waals surface area contributed by atoms with Crippen LogP contribution in [0.3, 0.4) is 0 Å². The van der Waals surface area contributed by atoms with E-state index in [1.807, 2.05) is 52.0 Å². The number of ether oxygens (including phenoxy) is 1.